The second kappa shape index (κ2) is 8.32. The molecule has 3 N–H and O–H groups in total. The van der Waals surface area contributed by atoms with Crippen LogP contribution < -0.4 is 15.2 Å². The van der Waals surface area contributed by atoms with E-state index in [4.69, 9.17) is 9.88 Å². The fraction of sp³-hybridized carbons (Fsp3) is 0.200. The number of nitrogens with one attached hydrogen (secondary N) is 1. The molecule has 29 heavy (non-hydrogen) atoms. The van der Waals surface area contributed by atoms with E-state index in [2.05, 4.69) is 24.1 Å². The molecule has 0 spiro atoms. The number of carbonyl (C=O) groups excluding carboxylic acids is 1. The van der Waals surface area contributed by atoms with Crippen LogP contribution in [0.25, 0.3) is 10.6 Å². The van der Waals surface area contributed by atoms with Gasteiger partial charge in [0.2, 0.25) is 10.0 Å². The molecule has 0 aliphatic heterocycles. The monoisotopic (exact) mass is 431 g/mol. The zero-order chi connectivity index (χ0) is 21.2. The lowest BCUT2D eigenvalue weighted by Crippen LogP contribution is -2.16. The van der Waals surface area contributed by atoms with Gasteiger partial charge in [-0.2, -0.15) is 0 Å². The molecule has 0 aliphatic rings. The fourth-order valence-corrected chi connectivity index (χ4v) is 4.22. The normalized spacial score (nSPS) is 11.5. The maximum atomic E-state index is 12.5. The summed E-state index contributed by atoms with van der Waals surface area (Å²) in [6, 6.07) is 12.3. The Hall–Kier alpha value is -2.75. The molecule has 0 bridgehead atoms. The molecule has 152 valence electrons. The van der Waals surface area contributed by atoms with E-state index in [1.165, 1.54) is 42.2 Å². The van der Waals surface area contributed by atoms with Crippen LogP contribution in [-0.2, 0) is 10.0 Å². The lowest BCUT2D eigenvalue weighted by molar-refractivity contribution is 0.102. The highest BCUT2D eigenvalue weighted by Crippen LogP contribution is 2.28. The quantitative estimate of drug-likeness (QED) is 0.616. The third-order valence-electron chi connectivity index (χ3n) is 4.29. The molecule has 0 saturated carbocycles. The van der Waals surface area contributed by atoms with E-state index in [1.807, 2.05) is 24.3 Å². The van der Waals surface area contributed by atoms with E-state index >= 15 is 0 Å². The van der Waals surface area contributed by atoms with Crippen molar-refractivity contribution in [3.63, 3.8) is 0 Å². The van der Waals surface area contributed by atoms with Crippen LogP contribution in [0.5, 0.6) is 5.75 Å². The van der Waals surface area contributed by atoms with Crippen molar-refractivity contribution in [1.29, 1.82) is 0 Å². The maximum absolute atomic E-state index is 12.5. The number of methoxy groups -OCH3 is 1. The number of sulfonamides is 1. The third kappa shape index (κ3) is 4.81. The van der Waals surface area contributed by atoms with E-state index in [1.54, 1.807) is 5.38 Å². The number of hydrogen-bond acceptors (Lipinski definition) is 6. The van der Waals surface area contributed by atoms with Crippen LogP contribution in [0.4, 0.5) is 5.69 Å². The molecular formula is C20H21N3O4S2. The summed E-state index contributed by atoms with van der Waals surface area (Å²) in [5, 5.41) is 10.2. The summed E-state index contributed by atoms with van der Waals surface area (Å²) in [6.07, 6.45) is 0. The summed E-state index contributed by atoms with van der Waals surface area (Å²) in [4.78, 5) is 16.7. The second-order valence-corrected chi connectivity index (χ2v) is 9.07. The van der Waals surface area contributed by atoms with Crippen LogP contribution in [0.3, 0.4) is 0 Å². The first-order valence-electron chi connectivity index (χ1n) is 8.77. The Labute approximate surface area is 173 Å². The first kappa shape index (κ1) is 21.0. The number of ether oxygens (including phenoxy) is 1. The Kier molecular flexibility index (Phi) is 6.02. The predicted octanol–water partition coefficient (Wildman–Crippen LogP) is 3.84. The Morgan fingerprint density at radius 1 is 1.17 bits per heavy atom. The molecule has 0 atom stereocenters. The average molecular weight is 432 g/mol. The minimum absolute atomic E-state index is 0.103. The van der Waals surface area contributed by atoms with Gasteiger partial charge in [0, 0.05) is 16.6 Å². The molecule has 0 fully saturated rings. The zero-order valence-corrected chi connectivity index (χ0v) is 17.8. The van der Waals surface area contributed by atoms with Crippen molar-refractivity contribution >= 4 is 33.0 Å². The van der Waals surface area contributed by atoms with Crippen molar-refractivity contribution in [2.75, 3.05) is 12.4 Å². The highest BCUT2D eigenvalue weighted by Gasteiger charge is 2.18. The van der Waals surface area contributed by atoms with E-state index in [0.29, 0.717) is 5.92 Å². The van der Waals surface area contributed by atoms with Crippen LogP contribution in [0.15, 0.2) is 52.7 Å². The van der Waals surface area contributed by atoms with Crippen LogP contribution in [0.1, 0.15) is 35.8 Å². The number of benzene rings is 2. The Bertz CT molecular complexity index is 1140. The highest BCUT2D eigenvalue weighted by atomic mass is 32.2. The van der Waals surface area contributed by atoms with Crippen molar-refractivity contribution < 1.29 is 17.9 Å². The van der Waals surface area contributed by atoms with Gasteiger partial charge >= 0.3 is 0 Å². The number of amides is 1. The molecule has 1 amide bonds. The maximum Gasteiger partial charge on any atom is 0.275 e. The van der Waals surface area contributed by atoms with Crippen LogP contribution in [0, 0.1) is 0 Å². The lowest BCUT2D eigenvalue weighted by atomic mass is 10.0. The molecule has 7 nitrogen and oxygen atoms in total. The van der Waals surface area contributed by atoms with Crippen LogP contribution in [-0.4, -0.2) is 26.4 Å². The van der Waals surface area contributed by atoms with Crippen molar-refractivity contribution in [2.24, 2.45) is 5.14 Å². The minimum atomic E-state index is -4.00. The van der Waals surface area contributed by atoms with Crippen molar-refractivity contribution in [2.45, 2.75) is 24.7 Å². The topological polar surface area (TPSA) is 111 Å². The molecule has 9 heteroatoms. The smallest absolute Gasteiger partial charge is 0.275 e. The molecule has 3 rings (SSSR count). The zero-order valence-electron chi connectivity index (χ0n) is 16.2. The first-order chi connectivity index (χ1) is 13.7. The van der Waals surface area contributed by atoms with Gasteiger partial charge in [-0.15, -0.1) is 11.3 Å². The predicted molar refractivity (Wildman–Crippen MR) is 114 cm³/mol. The second-order valence-electron chi connectivity index (χ2n) is 6.68. The minimum Gasteiger partial charge on any atom is -0.495 e. The number of nitrogens with zero attached hydrogens (tertiary/aromatic N) is 1. The highest BCUT2D eigenvalue weighted by molar-refractivity contribution is 7.89. The Morgan fingerprint density at radius 3 is 2.45 bits per heavy atom. The number of anilines is 1. The van der Waals surface area contributed by atoms with Gasteiger partial charge in [-0.1, -0.05) is 38.1 Å². The summed E-state index contributed by atoms with van der Waals surface area (Å²) in [6.45, 7) is 4.25. The molecular weight excluding hydrogens is 410 g/mol. The third-order valence-corrected chi connectivity index (χ3v) is 6.11. The number of nitrogens with two attached hydrogens (primary N) is 1. The molecule has 0 aliphatic carbocycles. The molecule has 1 aromatic heterocycles. The Morgan fingerprint density at radius 2 is 1.86 bits per heavy atom. The number of hydrogen-bond donors (Lipinski definition) is 2. The Balaban J connectivity index is 1.80. The summed E-state index contributed by atoms with van der Waals surface area (Å²) in [7, 11) is -2.66. The van der Waals surface area contributed by atoms with E-state index in [-0.39, 0.29) is 22.0 Å². The van der Waals surface area contributed by atoms with Gasteiger partial charge in [-0.25, -0.2) is 18.5 Å². The molecule has 1 heterocycles. The van der Waals surface area contributed by atoms with Crippen LogP contribution >= 0.6 is 11.3 Å². The molecule has 0 saturated heterocycles. The van der Waals surface area contributed by atoms with Gasteiger partial charge in [0.25, 0.3) is 5.91 Å². The fourth-order valence-electron chi connectivity index (χ4n) is 2.69. The van der Waals surface area contributed by atoms with Gasteiger partial charge < -0.3 is 10.1 Å². The van der Waals surface area contributed by atoms with Crippen molar-refractivity contribution in [3.8, 4) is 16.3 Å². The number of aromatic nitrogens is 1. The van der Waals surface area contributed by atoms with E-state index in [0.717, 1.165) is 10.6 Å². The lowest BCUT2D eigenvalue weighted by Gasteiger charge is -2.09. The van der Waals surface area contributed by atoms with Gasteiger partial charge in [0.15, 0.2) is 0 Å². The average Bonchev–Trinajstić information content (AvgIpc) is 3.17. The standard InChI is InChI=1S/C20H21N3O4S2/c1-12(2)13-4-6-14(7-5-13)20-23-16(11-28-20)19(24)22-15-8-9-17(27-3)18(10-15)29(21,25)26/h4-12H,1-3H3,(H,22,24)(H2,21,25,26). The molecule has 2 aromatic carbocycles. The van der Waals surface area contributed by atoms with Gasteiger partial charge in [-0.3, -0.25) is 4.79 Å². The van der Waals surface area contributed by atoms with Crippen LogP contribution in [0.2, 0.25) is 0 Å². The SMILES string of the molecule is COc1ccc(NC(=O)c2csc(-c3ccc(C(C)C)cc3)n2)cc1S(N)(=O)=O. The van der Waals surface area contributed by atoms with Gasteiger partial charge in [0.05, 0.1) is 7.11 Å². The van der Waals surface area contributed by atoms with E-state index in [9.17, 15) is 13.2 Å². The number of carbonyl (C=O) groups is 1. The molecule has 0 unspecified atom stereocenters. The summed E-state index contributed by atoms with van der Waals surface area (Å²) < 4.78 is 28.5. The van der Waals surface area contributed by atoms with Crippen molar-refractivity contribution in [1.82, 2.24) is 4.98 Å². The van der Waals surface area contributed by atoms with Gasteiger partial charge in [0.1, 0.15) is 21.3 Å². The van der Waals surface area contributed by atoms with Gasteiger partial charge in [-0.05, 0) is 29.7 Å². The molecule has 0 radical (unpaired) electrons. The number of rotatable bonds is 6. The number of primary sulfonamides is 1. The summed E-state index contributed by atoms with van der Waals surface area (Å²) >= 11 is 1.36. The number of thiazole rings is 1. The van der Waals surface area contributed by atoms with E-state index < -0.39 is 15.9 Å². The first-order valence-corrected chi connectivity index (χ1v) is 11.2. The van der Waals surface area contributed by atoms with Crippen molar-refractivity contribution in [3.05, 3.63) is 59.1 Å². The molecule has 3 aromatic rings. The summed E-state index contributed by atoms with van der Waals surface area (Å²) in [5.41, 5.74) is 2.68. The summed E-state index contributed by atoms with van der Waals surface area (Å²) in [5.74, 6) is 0.0940. The largest absolute Gasteiger partial charge is 0.495 e.